The summed E-state index contributed by atoms with van der Waals surface area (Å²) in [4.78, 5) is 21.9. The summed E-state index contributed by atoms with van der Waals surface area (Å²) in [6, 6.07) is 7.44. The quantitative estimate of drug-likeness (QED) is 0.861. The molecule has 1 aromatic carbocycles. The van der Waals surface area contributed by atoms with Gasteiger partial charge in [0.2, 0.25) is 5.95 Å². The first-order valence-corrected chi connectivity index (χ1v) is 8.71. The van der Waals surface area contributed by atoms with Gasteiger partial charge >= 0.3 is 0 Å². The van der Waals surface area contributed by atoms with E-state index in [9.17, 15) is 4.79 Å². The van der Waals surface area contributed by atoms with Gasteiger partial charge in [-0.15, -0.1) is 0 Å². The molecule has 2 N–H and O–H groups in total. The summed E-state index contributed by atoms with van der Waals surface area (Å²) in [6.45, 7) is 6.79. The lowest BCUT2D eigenvalue weighted by atomic mass is 9.93. The molecule has 5 heteroatoms. The molecule has 1 aliphatic rings. The first-order valence-electron chi connectivity index (χ1n) is 8.71. The van der Waals surface area contributed by atoms with Crippen LogP contribution in [0.2, 0.25) is 0 Å². The molecule has 0 atom stereocenters. The third kappa shape index (κ3) is 4.10. The Labute approximate surface area is 137 Å². The Morgan fingerprint density at radius 1 is 1.30 bits per heavy atom. The molecule has 1 aromatic heterocycles. The lowest BCUT2D eigenvalue weighted by Gasteiger charge is -2.31. The summed E-state index contributed by atoms with van der Waals surface area (Å²) in [5.41, 5.74) is 0.664. The highest BCUT2D eigenvalue weighted by Gasteiger charge is 2.18. The zero-order chi connectivity index (χ0) is 16.1. The second-order valence-corrected chi connectivity index (χ2v) is 6.43. The van der Waals surface area contributed by atoms with Crippen LogP contribution >= 0.6 is 0 Å². The highest BCUT2D eigenvalue weighted by Crippen LogP contribution is 2.20. The van der Waals surface area contributed by atoms with E-state index in [1.807, 2.05) is 18.2 Å². The van der Waals surface area contributed by atoms with Gasteiger partial charge in [0.1, 0.15) is 0 Å². The molecule has 0 unspecified atom stereocenters. The van der Waals surface area contributed by atoms with Gasteiger partial charge in [-0.05, 0) is 63.4 Å². The molecule has 0 aliphatic carbocycles. The van der Waals surface area contributed by atoms with Crippen LogP contribution in [0.3, 0.4) is 0 Å². The number of likely N-dealkylation sites (tertiary alicyclic amines) is 1. The first-order chi connectivity index (χ1) is 11.3. The van der Waals surface area contributed by atoms with Crippen molar-refractivity contribution in [1.29, 1.82) is 0 Å². The Bertz CT molecular complexity index is 689. The number of fused-ring (bicyclic) bond motifs is 1. The van der Waals surface area contributed by atoms with Crippen molar-refractivity contribution in [1.82, 2.24) is 14.9 Å². The van der Waals surface area contributed by atoms with E-state index < -0.39 is 0 Å². The van der Waals surface area contributed by atoms with Gasteiger partial charge in [-0.3, -0.25) is 9.78 Å². The minimum Gasteiger partial charge on any atom is -0.356 e. The lowest BCUT2D eigenvalue weighted by Crippen LogP contribution is -2.34. The summed E-state index contributed by atoms with van der Waals surface area (Å²) in [6.07, 6.45) is 4.94. The zero-order valence-corrected chi connectivity index (χ0v) is 13.8. The number of anilines is 1. The SMILES string of the molecule is CCCN1CCC(CCNc2nc3ccccc3c(=O)[nH]2)CC1. The Morgan fingerprint density at radius 2 is 2.09 bits per heavy atom. The average molecular weight is 314 g/mol. The molecule has 3 rings (SSSR count). The third-order valence-corrected chi connectivity index (χ3v) is 4.70. The first kappa shape index (κ1) is 16.0. The van der Waals surface area contributed by atoms with Gasteiger partial charge in [0.15, 0.2) is 0 Å². The normalized spacial score (nSPS) is 16.7. The fourth-order valence-corrected chi connectivity index (χ4v) is 3.38. The molecule has 0 spiro atoms. The van der Waals surface area contributed by atoms with Crippen molar-refractivity contribution in [3.8, 4) is 0 Å². The molecule has 1 fully saturated rings. The van der Waals surface area contributed by atoms with Gasteiger partial charge in [0.05, 0.1) is 10.9 Å². The number of rotatable bonds is 6. The monoisotopic (exact) mass is 314 g/mol. The molecular weight excluding hydrogens is 288 g/mol. The maximum absolute atomic E-state index is 12.0. The smallest absolute Gasteiger partial charge is 0.260 e. The molecule has 0 amide bonds. The second-order valence-electron chi connectivity index (χ2n) is 6.43. The van der Waals surface area contributed by atoms with E-state index in [1.54, 1.807) is 6.07 Å². The number of H-pyrrole nitrogens is 1. The number of nitrogens with one attached hydrogen (secondary N) is 2. The van der Waals surface area contributed by atoms with E-state index in [2.05, 4.69) is 27.1 Å². The van der Waals surface area contributed by atoms with Crippen LogP contribution in [-0.4, -0.2) is 41.0 Å². The minimum atomic E-state index is -0.0778. The van der Waals surface area contributed by atoms with Crippen molar-refractivity contribution in [3.63, 3.8) is 0 Å². The standard InChI is InChI=1S/C18H26N4O/c1-2-11-22-12-8-14(9-13-22)7-10-19-18-20-16-6-4-3-5-15(16)17(23)21-18/h3-6,14H,2,7-13H2,1H3,(H2,19,20,21,23). The van der Waals surface area contributed by atoms with Crippen LogP contribution in [-0.2, 0) is 0 Å². The number of para-hydroxylation sites is 1. The molecule has 0 radical (unpaired) electrons. The Morgan fingerprint density at radius 3 is 2.87 bits per heavy atom. The molecule has 5 nitrogen and oxygen atoms in total. The van der Waals surface area contributed by atoms with Gasteiger partial charge in [-0.2, -0.15) is 0 Å². The summed E-state index contributed by atoms with van der Waals surface area (Å²) in [5.74, 6) is 1.36. The number of aromatic amines is 1. The van der Waals surface area contributed by atoms with Crippen molar-refractivity contribution in [2.45, 2.75) is 32.6 Å². The number of hydrogen-bond acceptors (Lipinski definition) is 4. The van der Waals surface area contributed by atoms with Crippen LogP contribution in [0.1, 0.15) is 32.6 Å². The van der Waals surface area contributed by atoms with Gasteiger partial charge in [-0.25, -0.2) is 4.98 Å². The Hall–Kier alpha value is -1.88. The topological polar surface area (TPSA) is 61.0 Å². The Balaban J connectivity index is 1.51. The van der Waals surface area contributed by atoms with E-state index in [4.69, 9.17) is 0 Å². The van der Waals surface area contributed by atoms with Gasteiger partial charge in [-0.1, -0.05) is 19.1 Å². The zero-order valence-electron chi connectivity index (χ0n) is 13.8. The lowest BCUT2D eigenvalue weighted by molar-refractivity contribution is 0.181. The summed E-state index contributed by atoms with van der Waals surface area (Å²) in [5, 5.41) is 3.92. The summed E-state index contributed by atoms with van der Waals surface area (Å²) in [7, 11) is 0. The van der Waals surface area contributed by atoms with E-state index >= 15 is 0 Å². The van der Waals surface area contributed by atoms with Crippen LogP contribution in [0.4, 0.5) is 5.95 Å². The molecular formula is C18H26N4O. The number of piperidine rings is 1. The van der Waals surface area contributed by atoms with Crippen molar-refractivity contribution in [2.24, 2.45) is 5.92 Å². The third-order valence-electron chi connectivity index (χ3n) is 4.70. The molecule has 1 saturated heterocycles. The largest absolute Gasteiger partial charge is 0.356 e. The highest BCUT2D eigenvalue weighted by atomic mass is 16.1. The van der Waals surface area contributed by atoms with Crippen LogP contribution in [0.25, 0.3) is 10.9 Å². The van der Waals surface area contributed by atoms with Crippen molar-refractivity contribution >= 4 is 16.9 Å². The molecule has 2 aromatic rings. The van der Waals surface area contributed by atoms with E-state index in [0.29, 0.717) is 11.3 Å². The highest BCUT2D eigenvalue weighted by molar-refractivity contribution is 5.78. The van der Waals surface area contributed by atoms with Crippen LogP contribution < -0.4 is 10.9 Å². The maximum Gasteiger partial charge on any atom is 0.260 e. The number of benzene rings is 1. The summed E-state index contributed by atoms with van der Waals surface area (Å²) >= 11 is 0. The van der Waals surface area contributed by atoms with Crippen molar-refractivity contribution in [3.05, 3.63) is 34.6 Å². The maximum atomic E-state index is 12.0. The molecule has 0 bridgehead atoms. The van der Waals surface area contributed by atoms with Crippen LogP contribution in [0, 0.1) is 5.92 Å². The number of hydrogen-bond donors (Lipinski definition) is 2. The number of aromatic nitrogens is 2. The molecule has 23 heavy (non-hydrogen) atoms. The fourth-order valence-electron chi connectivity index (χ4n) is 3.38. The number of nitrogens with zero attached hydrogens (tertiary/aromatic N) is 2. The van der Waals surface area contributed by atoms with Crippen LogP contribution in [0.5, 0.6) is 0 Å². The second kappa shape index (κ2) is 7.59. The average Bonchev–Trinajstić information content (AvgIpc) is 2.57. The minimum absolute atomic E-state index is 0.0778. The van der Waals surface area contributed by atoms with Crippen molar-refractivity contribution < 1.29 is 0 Å². The molecule has 0 saturated carbocycles. The van der Waals surface area contributed by atoms with Gasteiger partial charge in [0.25, 0.3) is 5.56 Å². The fraction of sp³-hybridized carbons (Fsp3) is 0.556. The molecule has 2 heterocycles. The molecule has 1 aliphatic heterocycles. The molecule has 124 valence electrons. The van der Waals surface area contributed by atoms with E-state index in [1.165, 1.54) is 38.9 Å². The Kier molecular flexibility index (Phi) is 5.28. The van der Waals surface area contributed by atoms with Gasteiger partial charge in [0, 0.05) is 6.54 Å². The predicted molar refractivity (Wildman–Crippen MR) is 94.9 cm³/mol. The summed E-state index contributed by atoms with van der Waals surface area (Å²) < 4.78 is 0. The van der Waals surface area contributed by atoms with E-state index in [0.717, 1.165) is 24.4 Å². The van der Waals surface area contributed by atoms with Gasteiger partial charge < -0.3 is 10.2 Å². The predicted octanol–water partition coefficient (Wildman–Crippen LogP) is 2.85. The van der Waals surface area contributed by atoms with E-state index in [-0.39, 0.29) is 5.56 Å². The van der Waals surface area contributed by atoms with Crippen LogP contribution in [0.15, 0.2) is 29.1 Å². The van der Waals surface area contributed by atoms with Crippen molar-refractivity contribution in [2.75, 3.05) is 31.5 Å².